The van der Waals surface area contributed by atoms with Crippen LogP contribution in [0.2, 0.25) is 0 Å². The van der Waals surface area contributed by atoms with Gasteiger partial charge in [-0.3, -0.25) is 14.3 Å². The van der Waals surface area contributed by atoms with Gasteiger partial charge >= 0.3 is 5.97 Å². The van der Waals surface area contributed by atoms with Gasteiger partial charge in [0, 0.05) is 25.2 Å². The smallest absolute Gasteiger partial charge is 0.308 e. The van der Waals surface area contributed by atoms with Crippen LogP contribution in [0.4, 0.5) is 0 Å². The van der Waals surface area contributed by atoms with Crippen LogP contribution < -0.4 is 5.32 Å². The van der Waals surface area contributed by atoms with E-state index in [1.54, 1.807) is 0 Å². The summed E-state index contributed by atoms with van der Waals surface area (Å²) >= 11 is 0. The number of carboxylic acids is 1. The molecule has 1 rings (SSSR count). The van der Waals surface area contributed by atoms with Crippen molar-refractivity contribution in [1.82, 2.24) is 15.1 Å². The molecule has 1 heterocycles. The minimum absolute atomic E-state index is 0.106. The minimum Gasteiger partial charge on any atom is -0.481 e. The van der Waals surface area contributed by atoms with E-state index in [0.29, 0.717) is 25.2 Å². The molecule has 0 aliphatic carbocycles. The molecule has 0 spiro atoms. The predicted octanol–water partition coefficient (Wildman–Crippen LogP) is 2.95. The van der Waals surface area contributed by atoms with Gasteiger partial charge in [-0.15, -0.1) is 0 Å². The van der Waals surface area contributed by atoms with Gasteiger partial charge in [0.1, 0.15) is 0 Å². The fourth-order valence-corrected chi connectivity index (χ4v) is 3.02. The number of nitrogens with zero attached hydrogens (tertiary/aromatic N) is 2. The first-order chi connectivity index (χ1) is 11.6. The van der Waals surface area contributed by atoms with E-state index in [2.05, 4.69) is 24.3 Å². The van der Waals surface area contributed by atoms with Gasteiger partial charge in [0.15, 0.2) is 0 Å². The molecule has 1 aromatic rings. The van der Waals surface area contributed by atoms with Crippen LogP contribution in [0.1, 0.15) is 57.5 Å². The second kappa shape index (κ2) is 9.59. The molecule has 2 N–H and O–H groups in total. The topological polar surface area (TPSA) is 84.2 Å². The zero-order chi connectivity index (χ0) is 19.1. The zero-order valence-electron chi connectivity index (χ0n) is 16.4. The molecule has 6 nitrogen and oxygen atoms in total. The van der Waals surface area contributed by atoms with Crippen LogP contribution in [0.3, 0.4) is 0 Å². The molecule has 0 aliphatic rings. The average Bonchev–Trinajstić information content (AvgIpc) is 2.74. The van der Waals surface area contributed by atoms with Gasteiger partial charge in [-0.05, 0) is 44.1 Å². The molecular formula is C19H33N3O3. The maximum Gasteiger partial charge on any atom is 0.308 e. The Bertz CT molecular complexity index is 591. The summed E-state index contributed by atoms with van der Waals surface area (Å²) in [7, 11) is 0. The minimum atomic E-state index is -0.851. The van der Waals surface area contributed by atoms with Crippen LogP contribution in [0.5, 0.6) is 0 Å². The lowest BCUT2D eigenvalue weighted by atomic mass is 9.97. The molecule has 0 bridgehead atoms. The Balaban J connectivity index is 2.56. The lowest BCUT2D eigenvalue weighted by Gasteiger charge is -2.15. The summed E-state index contributed by atoms with van der Waals surface area (Å²) in [5.74, 6) is -0.680. The Morgan fingerprint density at radius 1 is 1.16 bits per heavy atom. The fourth-order valence-electron chi connectivity index (χ4n) is 3.02. The van der Waals surface area contributed by atoms with Crippen LogP contribution in [0, 0.1) is 31.6 Å². The van der Waals surface area contributed by atoms with Gasteiger partial charge < -0.3 is 10.4 Å². The molecular weight excluding hydrogens is 318 g/mol. The van der Waals surface area contributed by atoms with Crippen molar-refractivity contribution in [2.75, 3.05) is 6.54 Å². The molecule has 25 heavy (non-hydrogen) atoms. The molecule has 0 radical (unpaired) electrons. The highest BCUT2D eigenvalue weighted by Crippen LogP contribution is 2.17. The summed E-state index contributed by atoms with van der Waals surface area (Å²) in [6.07, 6.45) is 1.54. The average molecular weight is 351 g/mol. The second-order valence-electron chi connectivity index (χ2n) is 7.69. The summed E-state index contributed by atoms with van der Waals surface area (Å²) in [6.45, 7) is 13.3. The summed E-state index contributed by atoms with van der Waals surface area (Å²) in [5.41, 5.74) is 3.20. The molecule has 0 saturated carbocycles. The standard InChI is InChI=1S/C19H33N3O3/c1-12(2)9-16(19(24)25)10-20-18(23)8-7-17-14(5)21-22(15(17)6)11-13(3)4/h12-13,16H,7-11H2,1-6H3,(H,20,23)(H,24,25). The third-order valence-corrected chi connectivity index (χ3v) is 4.32. The molecule has 1 atom stereocenters. The number of rotatable bonds is 10. The molecule has 0 saturated heterocycles. The molecule has 142 valence electrons. The summed E-state index contributed by atoms with van der Waals surface area (Å²) < 4.78 is 2.01. The highest BCUT2D eigenvalue weighted by molar-refractivity contribution is 5.77. The second-order valence-corrected chi connectivity index (χ2v) is 7.69. The molecule has 1 unspecified atom stereocenters. The van der Waals surface area contributed by atoms with Crippen molar-refractivity contribution in [1.29, 1.82) is 0 Å². The highest BCUT2D eigenvalue weighted by Gasteiger charge is 2.20. The van der Waals surface area contributed by atoms with Crippen molar-refractivity contribution in [3.05, 3.63) is 17.0 Å². The van der Waals surface area contributed by atoms with Crippen molar-refractivity contribution in [2.45, 2.75) is 67.3 Å². The van der Waals surface area contributed by atoms with Gasteiger partial charge in [0.05, 0.1) is 11.6 Å². The Hall–Kier alpha value is -1.85. The summed E-state index contributed by atoms with van der Waals surface area (Å²) in [5, 5.41) is 16.6. The number of aromatic nitrogens is 2. The largest absolute Gasteiger partial charge is 0.481 e. The van der Waals surface area contributed by atoms with Gasteiger partial charge in [0.2, 0.25) is 5.91 Å². The first kappa shape index (κ1) is 21.2. The number of carbonyl (C=O) groups is 2. The van der Waals surface area contributed by atoms with Crippen molar-refractivity contribution in [3.63, 3.8) is 0 Å². The van der Waals surface area contributed by atoms with Crippen molar-refractivity contribution >= 4 is 11.9 Å². The molecule has 6 heteroatoms. The van der Waals surface area contributed by atoms with Gasteiger partial charge in [-0.2, -0.15) is 5.10 Å². The summed E-state index contributed by atoms with van der Waals surface area (Å²) in [4.78, 5) is 23.3. The number of aryl methyl sites for hydroxylation is 1. The number of amides is 1. The number of carbonyl (C=O) groups excluding carboxylic acids is 1. The summed E-state index contributed by atoms with van der Waals surface area (Å²) in [6, 6.07) is 0. The molecule has 0 fully saturated rings. The van der Waals surface area contributed by atoms with Crippen molar-refractivity contribution in [2.24, 2.45) is 17.8 Å². The van der Waals surface area contributed by atoms with E-state index in [1.165, 1.54) is 0 Å². The Morgan fingerprint density at radius 2 is 1.80 bits per heavy atom. The SMILES string of the molecule is Cc1nn(CC(C)C)c(C)c1CCC(=O)NCC(CC(C)C)C(=O)O. The normalized spacial score (nSPS) is 12.6. The van der Waals surface area contributed by atoms with Crippen molar-refractivity contribution < 1.29 is 14.7 Å². The van der Waals surface area contributed by atoms with Crippen LogP contribution in [-0.4, -0.2) is 33.3 Å². The van der Waals surface area contributed by atoms with Crippen LogP contribution in [0.15, 0.2) is 0 Å². The van der Waals surface area contributed by atoms with Gasteiger partial charge in [-0.25, -0.2) is 0 Å². The van der Waals surface area contributed by atoms with E-state index in [0.717, 1.165) is 23.5 Å². The predicted molar refractivity (Wildman–Crippen MR) is 98.5 cm³/mol. The van der Waals surface area contributed by atoms with E-state index in [1.807, 2.05) is 32.4 Å². The van der Waals surface area contributed by atoms with Crippen LogP contribution in [-0.2, 0) is 22.6 Å². The Kier molecular flexibility index (Phi) is 8.13. The van der Waals surface area contributed by atoms with E-state index in [-0.39, 0.29) is 18.4 Å². The van der Waals surface area contributed by atoms with E-state index < -0.39 is 11.9 Å². The van der Waals surface area contributed by atoms with Gasteiger partial charge in [0.25, 0.3) is 0 Å². The monoisotopic (exact) mass is 351 g/mol. The fraction of sp³-hybridized carbons (Fsp3) is 0.737. The van der Waals surface area contributed by atoms with E-state index in [4.69, 9.17) is 0 Å². The highest BCUT2D eigenvalue weighted by atomic mass is 16.4. The van der Waals surface area contributed by atoms with E-state index >= 15 is 0 Å². The van der Waals surface area contributed by atoms with Crippen LogP contribution in [0.25, 0.3) is 0 Å². The van der Waals surface area contributed by atoms with Crippen molar-refractivity contribution in [3.8, 4) is 0 Å². The lowest BCUT2D eigenvalue weighted by molar-refractivity contribution is -0.142. The molecule has 1 aromatic heterocycles. The number of aliphatic carboxylic acids is 1. The number of hydrogen-bond donors (Lipinski definition) is 2. The first-order valence-electron chi connectivity index (χ1n) is 9.14. The van der Waals surface area contributed by atoms with E-state index in [9.17, 15) is 14.7 Å². The van der Waals surface area contributed by atoms with Gasteiger partial charge in [-0.1, -0.05) is 27.7 Å². The maximum absolute atomic E-state index is 12.1. The lowest BCUT2D eigenvalue weighted by Crippen LogP contribution is -2.33. The third-order valence-electron chi connectivity index (χ3n) is 4.32. The zero-order valence-corrected chi connectivity index (χ0v) is 16.4. The third kappa shape index (κ3) is 6.88. The molecule has 0 aliphatic heterocycles. The number of carboxylic acid groups (broad SMARTS) is 1. The Labute approximate surface area is 151 Å². The maximum atomic E-state index is 12.1. The molecule has 1 amide bonds. The first-order valence-corrected chi connectivity index (χ1v) is 9.14. The number of nitrogens with one attached hydrogen (secondary N) is 1. The quantitative estimate of drug-likeness (QED) is 0.679. The molecule has 0 aromatic carbocycles. The van der Waals surface area contributed by atoms with Crippen LogP contribution >= 0.6 is 0 Å². The number of hydrogen-bond acceptors (Lipinski definition) is 3. The Morgan fingerprint density at radius 3 is 2.32 bits per heavy atom.